The van der Waals surface area contributed by atoms with Crippen LogP contribution in [0.15, 0.2) is 47.6 Å². The van der Waals surface area contributed by atoms with Crippen LogP contribution in [0.4, 0.5) is 20.2 Å². The third-order valence-electron chi connectivity index (χ3n) is 6.17. The molecule has 1 N–H and O–H groups in total. The van der Waals surface area contributed by atoms with Gasteiger partial charge in [0.25, 0.3) is 11.8 Å². The smallest absolute Gasteiger partial charge is 0.315 e. The van der Waals surface area contributed by atoms with E-state index in [-0.39, 0.29) is 24.6 Å². The van der Waals surface area contributed by atoms with Crippen LogP contribution in [0.1, 0.15) is 35.1 Å². The van der Waals surface area contributed by atoms with E-state index in [0.29, 0.717) is 22.8 Å². The summed E-state index contributed by atoms with van der Waals surface area (Å²) in [6.07, 6.45) is 1.25. The first-order valence-corrected chi connectivity index (χ1v) is 12.6. The van der Waals surface area contributed by atoms with E-state index < -0.39 is 24.3 Å². The zero-order valence-corrected chi connectivity index (χ0v) is 22.7. The van der Waals surface area contributed by atoms with Gasteiger partial charge in [-0.15, -0.1) is 9.24 Å². The molecule has 1 aliphatic heterocycles. The molecule has 0 aliphatic carbocycles. The van der Waals surface area contributed by atoms with Crippen molar-refractivity contribution in [2.75, 3.05) is 30.4 Å². The summed E-state index contributed by atoms with van der Waals surface area (Å²) >= 11 is 0. The molecule has 3 aromatic rings. The lowest BCUT2D eigenvalue weighted by Gasteiger charge is -2.19. The van der Waals surface area contributed by atoms with Gasteiger partial charge in [0.05, 0.1) is 17.9 Å². The van der Waals surface area contributed by atoms with Gasteiger partial charge in [0.1, 0.15) is 18.1 Å². The average molecular weight is 540 g/mol. The van der Waals surface area contributed by atoms with Crippen LogP contribution in [0.2, 0.25) is 0 Å². The predicted molar refractivity (Wildman–Crippen MR) is 147 cm³/mol. The maximum atomic E-state index is 13.7. The molecule has 2 amide bonds. The highest BCUT2D eigenvalue weighted by molar-refractivity contribution is 7.28. The number of ether oxygens (including phenoxy) is 1. The summed E-state index contributed by atoms with van der Waals surface area (Å²) < 4.78 is 33.1. The molecular weight excluding hydrogens is 511 g/mol. The zero-order chi connectivity index (χ0) is 27.6. The van der Waals surface area contributed by atoms with Gasteiger partial charge in [-0.05, 0) is 42.9 Å². The summed E-state index contributed by atoms with van der Waals surface area (Å²) in [5.74, 6) is -4.00. The Labute approximate surface area is 221 Å². The van der Waals surface area contributed by atoms with Crippen LogP contribution in [0, 0.1) is 13.8 Å². The molecule has 4 rings (SSSR count). The highest BCUT2D eigenvalue weighted by Gasteiger charge is 2.29. The molecular formula is C27H28F2N5O3P. The lowest BCUT2D eigenvalue weighted by Crippen LogP contribution is -2.34. The number of alkyl halides is 2. The van der Waals surface area contributed by atoms with Gasteiger partial charge in [0.15, 0.2) is 0 Å². The molecule has 0 fully saturated rings. The van der Waals surface area contributed by atoms with Crippen molar-refractivity contribution in [3.63, 3.8) is 0 Å². The number of carbonyl (C=O) groups excluding carboxylic acids is 2. The molecule has 0 bridgehead atoms. The molecule has 2 heterocycles. The standard InChI is InChI=1S/C27H28F2N5O3P/c1-5-27(28,29)14-31-17-7-9-21-20(11-17)34(4)26(36)19(13-37-21)32-25(35)24-30-12-16(3)23(33-24)18-8-6-15(2)10-22(18)38/h6-12,31H,5,13-14,38H2,1-4H3/b32-19+. The number of carbonyl (C=O) groups is 2. The van der Waals surface area contributed by atoms with Gasteiger partial charge in [0.2, 0.25) is 5.82 Å². The number of hydrogen-bond acceptors (Lipinski definition) is 6. The molecule has 8 nitrogen and oxygen atoms in total. The first kappa shape index (κ1) is 27.3. The largest absolute Gasteiger partial charge is 0.485 e. The fourth-order valence-electron chi connectivity index (χ4n) is 3.85. The summed E-state index contributed by atoms with van der Waals surface area (Å²) in [7, 11) is 4.17. The Morgan fingerprint density at radius 2 is 2.00 bits per heavy atom. The molecule has 0 saturated carbocycles. The van der Waals surface area contributed by atoms with Crippen LogP contribution in [0.3, 0.4) is 0 Å². The van der Waals surface area contributed by atoms with Crippen molar-refractivity contribution < 1.29 is 23.1 Å². The summed E-state index contributed by atoms with van der Waals surface area (Å²) in [6, 6.07) is 10.6. The van der Waals surface area contributed by atoms with Crippen molar-refractivity contribution in [2.24, 2.45) is 4.99 Å². The number of benzene rings is 2. The summed E-state index contributed by atoms with van der Waals surface area (Å²) in [5.41, 5.74) is 3.94. The SMILES string of the molecule is CCC(F)(F)CNc1ccc2c(c1)N(C)C(=O)/C(=N/C(=O)c1ncc(C)c(-c3ccc(C)cc3P)n1)CO2. The van der Waals surface area contributed by atoms with Gasteiger partial charge in [-0.3, -0.25) is 9.59 Å². The molecule has 1 aliphatic rings. The normalized spacial score (nSPS) is 14.7. The molecule has 0 radical (unpaired) electrons. The van der Waals surface area contributed by atoms with Crippen molar-refractivity contribution in [2.45, 2.75) is 33.1 Å². The van der Waals surface area contributed by atoms with Crippen LogP contribution in [0.5, 0.6) is 5.75 Å². The second-order valence-corrected chi connectivity index (χ2v) is 9.70. The molecule has 38 heavy (non-hydrogen) atoms. The van der Waals surface area contributed by atoms with Crippen LogP contribution in [0.25, 0.3) is 11.3 Å². The number of aromatic nitrogens is 2. The van der Waals surface area contributed by atoms with E-state index in [9.17, 15) is 18.4 Å². The summed E-state index contributed by atoms with van der Waals surface area (Å²) in [6.45, 7) is 4.45. The number of aliphatic imine (C=N–C) groups is 1. The Morgan fingerprint density at radius 1 is 1.24 bits per heavy atom. The fourth-order valence-corrected chi connectivity index (χ4v) is 4.34. The van der Waals surface area contributed by atoms with Crippen LogP contribution >= 0.6 is 9.24 Å². The van der Waals surface area contributed by atoms with E-state index in [2.05, 4.69) is 29.5 Å². The second kappa shape index (κ2) is 10.9. The first-order valence-electron chi connectivity index (χ1n) is 12.0. The van der Waals surface area contributed by atoms with E-state index >= 15 is 0 Å². The van der Waals surface area contributed by atoms with Gasteiger partial charge in [-0.1, -0.05) is 30.7 Å². The van der Waals surface area contributed by atoms with Gasteiger partial charge in [-0.25, -0.2) is 23.7 Å². The van der Waals surface area contributed by atoms with Gasteiger partial charge >= 0.3 is 5.91 Å². The molecule has 0 spiro atoms. The maximum absolute atomic E-state index is 13.7. The second-order valence-electron chi connectivity index (χ2n) is 9.08. The Morgan fingerprint density at radius 3 is 2.71 bits per heavy atom. The average Bonchev–Trinajstić information content (AvgIpc) is 3.00. The van der Waals surface area contributed by atoms with Gasteiger partial charge < -0.3 is 15.0 Å². The van der Waals surface area contributed by atoms with E-state index in [4.69, 9.17) is 4.74 Å². The lowest BCUT2D eigenvalue weighted by atomic mass is 10.1. The number of nitrogens with one attached hydrogen (secondary N) is 1. The highest BCUT2D eigenvalue weighted by atomic mass is 31.0. The monoisotopic (exact) mass is 539 g/mol. The van der Waals surface area contributed by atoms with E-state index in [1.165, 1.54) is 18.9 Å². The summed E-state index contributed by atoms with van der Waals surface area (Å²) in [5, 5.41) is 3.62. The minimum atomic E-state index is -2.86. The third kappa shape index (κ3) is 5.86. The number of nitrogens with zero attached hydrogens (tertiary/aromatic N) is 4. The molecule has 0 saturated heterocycles. The molecule has 1 atom stereocenters. The van der Waals surface area contributed by atoms with Crippen LogP contribution < -0.4 is 20.3 Å². The van der Waals surface area contributed by atoms with Crippen molar-refractivity contribution in [1.29, 1.82) is 0 Å². The molecule has 2 aromatic carbocycles. The number of halogens is 2. The first-order chi connectivity index (χ1) is 18.0. The van der Waals surface area contributed by atoms with E-state index in [1.807, 2.05) is 32.0 Å². The van der Waals surface area contributed by atoms with Gasteiger partial charge in [0, 0.05) is 30.9 Å². The fraction of sp³-hybridized carbons (Fsp3) is 0.296. The zero-order valence-electron chi connectivity index (χ0n) is 21.5. The number of fused-ring (bicyclic) bond motifs is 1. The number of rotatable bonds is 6. The minimum Gasteiger partial charge on any atom is -0.485 e. The Hall–Kier alpha value is -3.78. The quantitative estimate of drug-likeness (QED) is 0.468. The minimum absolute atomic E-state index is 0.131. The Bertz CT molecular complexity index is 1440. The van der Waals surface area contributed by atoms with Crippen molar-refractivity contribution >= 4 is 43.4 Å². The highest BCUT2D eigenvalue weighted by Crippen LogP contribution is 2.33. The van der Waals surface area contributed by atoms with Crippen molar-refractivity contribution in [3.8, 4) is 17.0 Å². The number of aryl methyl sites for hydroxylation is 2. The molecule has 198 valence electrons. The van der Waals surface area contributed by atoms with E-state index in [1.54, 1.807) is 24.4 Å². The Kier molecular flexibility index (Phi) is 7.83. The number of amides is 2. The molecule has 1 unspecified atom stereocenters. The Balaban J connectivity index is 1.58. The molecule has 11 heteroatoms. The van der Waals surface area contributed by atoms with Crippen molar-refractivity contribution in [3.05, 3.63) is 59.5 Å². The third-order valence-corrected chi connectivity index (χ3v) is 6.64. The van der Waals surface area contributed by atoms with Gasteiger partial charge in [-0.2, -0.15) is 0 Å². The number of hydrogen-bond donors (Lipinski definition) is 1. The lowest BCUT2D eigenvalue weighted by molar-refractivity contribution is -0.112. The van der Waals surface area contributed by atoms with Crippen molar-refractivity contribution in [1.82, 2.24) is 9.97 Å². The maximum Gasteiger partial charge on any atom is 0.315 e. The van der Waals surface area contributed by atoms with Crippen LogP contribution in [-0.4, -0.2) is 53.6 Å². The predicted octanol–water partition coefficient (Wildman–Crippen LogP) is 4.35. The van der Waals surface area contributed by atoms with Crippen LogP contribution in [-0.2, 0) is 4.79 Å². The molecule has 1 aromatic heterocycles. The number of anilines is 2. The summed E-state index contributed by atoms with van der Waals surface area (Å²) in [4.78, 5) is 40.0. The topological polar surface area (TPSA) is 96.8 Å². The van der Waals surface area contributed by atoms with E-state index in [0.717, 1.165) is 22.0 Å².